The van der Waals surface area contributed by atoms with Crippen molar-refractivity contribution in [1.29, 1.82) is 0 Å². The van der Waals surface area contributed by atoms with Gasteiger partial charge in [-0.1, -0.05) is 51.1 Å². The van der Waals surface area contributed by atoms with Crippen LogP contribution in [-0.2, 0) is 25.1 Å². The van der Waals surface area contributed by atoms with Gasteiger partial charge in [-0.2, -0.15) is 0 Å². The molecule has 2 rings (SSSR count). The Bertz CT molecular complexity index is 646. The molecule has 1 atom stereocenters. The van der Waals surface area contributed by atoms with Crippen LogP contribution in [-0.4, -0.2) is 34.6 Å². The molecule has 0 aromatic heterocycles. The maximum atomic E-state index is 11.6. The first kappa shape index (κ1) is 20.7. The summed E-state index contributed by atoms with van der Waals surface area (Å²) in [5.41, 5.74) is 1.10. The fraction of sp³-hybridized carbons (Fsp3) is 0.571. The minimum absolute atomic E-state index is 0.156. The van der Waals surface area contributed by atoms with Crippen LogP contribution in [0.4, 0.5) is 0 Å². The molecule has 1 fully saturated rings. The number of ether oxygens (including phenoxy) is 2. The van der Waals surface area contributed by atoms with Crippen molar-refractivity contribution < 1.29 is 18.7 Å². The Labute approximate surface area is 158 Å². The zero-order valence-corrected chi connectivity index (χ0v) is 17.9. The number of carbonyl (C=O) groups is 1. The molecular formula is C21H32O4Si. The molecule has 1 saturated heterocycles. The summed E-state index contributed by atoms with van der Waals surface area (Å²) in [6.45, 7) is 12.5. The Morgan fingerprint density at radius 3 is 2.50 bits per heavy atom. The van der Waals surface area contributed by atoms with E-state index in [4.69, 9.17) is 13.9 Å². The Morgan fingerprint density at radius 2 is 1.92 bits per heavy atom. The average Bonchev–Trinajstić information content (AvgIpc) is 2.96. The molecule has 1 aliphatic rings. The van der Waals surface area contributed by atoms with E-state index in [0.717, 1.165) is 6.42 Å². The van der Waals surface area contributed by atoms with Gasteiger partial charge in [0.15, 0.2) is 8.32 Å². The monoisotopic (exact) mass is 376 g/mol. The van der Waals surface area contributed by atoms with Crippen LogP contribution in [0.5, 0.6) is 0 Å². The molecule has 1 unspecified atom stereocenters. The second kappa shape index (κ2) is 7.97. The van der Waals surface area contributed by atoms with Crippen molar-refractivity contribution in [1.82, 2.24) is 0 Å². The summed E-state index contributed by atoms with van der Waals surface area (Å²) in [5, 5.41) is 0.158. The van der Waals surface area contributed by atoms with Crippen LogP contribution in [0.25, 0.3) is 0 Å². The molecular weight excluding hydrogens is 344 g/mol. The molecule has 0 bridgehead atoms. The topological polar surface area (TPSA) is 44.8 Å². The lowest BCUT2D eigenvalue weighted by atomic mass is 9.81. The van der Waals surface area contributed by atoms with Gasteiger partial charge in [0, 0.05) is 18.4 Å². The van der Waals surface area contributed by atoms with Crippen LogP contribution in [0, 0.1) is 5.41 Å². The highest BCUT2D eigenvalue weighted by Crippen LogP contribution is 2.42. The first-order valence-corrected chi connectivity index (χ1v) is 12.1. The molecule has 1 aliphatic heterocycles. The molecule has 0 saturated carbocycles. The lowest BCUT2D eigenvalue weighted by molar-refractivity contribution is -0.135. The quantitative estimate of drug-likeness (QED) is 0.409. The van der Waals surface area contributed by atoms with E-state index in [1.165, 1.54) is 18.7 Å². The molecule has 0 N–H and O–H groups in total. The van der Waals surface area contributed by atoms with Crippen molar-refractivity contribution in [2.45, 2.75) is 51.7 Å². The summed E-state index contributed by atoms with van der Waals surface area (Å²) in [6, 6.07) is 10.4. The van der Waals surface area contributed by atoms with Gasteiger partial charge in [0.1, 0.15) is 5.76 Å². The maximum Gasteiger partial charge on any atom is 0.333 e. The van der Waals surface area contributed by atoms with E-state index < -0.39 is 8.32 Å². The van der Waals surface area contributed by atoms with E-state index in [0.29, 0.717) is 25.4 Å². The van der Waals surface area contributed by atoms with Gasteiger partial charge in [0.2, 0.25) is 0 Å². The fourth-order valence-electron chi connectivity index (χ4n) is 2.84. The summed E-state index contributed by atoms with van der Waals surface area (Å²) in [7, 11) is -0.483. The number of carbonyl (C=O) groups excluding carboxylic acids is 1. The number of esters is 1. The number of allylic oxidation sites excluding steroid dienone is 1. The zero-order chi connectivity index (χ0) is 19.4. The molecule has 1 aromatic carbocycles. The minimum atomic E-state index is -1.86. The summed E-state index contributed by atoms with van der Waals surface area (Å²) in [5.74, 6) is 0.312. The largest absolute Gasteiger partial charge is 0.497 e. The highest BCUT2D eigenvalue weighted by molar-refractivity contribution is 6.74. The molecule has 0 radical (unpaired) electrons. The normalized spacial score (nSPS) is 22.3. The van der Waals surface area contributed by atoms with Crippen LogP contribution in [0.2, 0.25) is 18.1 Å². The summed E-state index contributed by atoms with van der Waals surface area (Å²) in [4.78, 5) is 11.6. The van der Waals surface area contributed by atoms with Crippen LogP contribution < -0.4 is 0 Å². The van der Waals surface area contributed by atoms with Gasteiger partial charge in [-0.3, -0.25) is 0 Å². The molecule has 5 heteroatoms. The van der Waals surface area contributed by atoms with Crippen LogP contribution in [0.1, 0.15) is 32.8 Å². The highest BCUT2D eigenvalue weighted by Gasteiger charge is 2.43. The molecule has 0 aliphatic carbocycles. The third kappa shape index (κ3) is 5.21. The predicted molar refractivity (Wildman–Crippen MR) is 106 cm³/mol. The third-order valence-electron chi connectivity index (χ3n) is 5.56. The average molecular weight is 377 g/mol. The molecule has 0 amide bonds. The molecule has 4 nitrogen and oxygen atoms in total. The summed E-state index contributed by atoms with van der Waals surface area (Å²) in [6.07, 6.45) is 3.01. The molecule has 144 valence electrons. The standard InChI is InChI=1S/C21H32O4Si/c1-20(2,3)26(5,6)25-16-21(13-17-10-8-7-9-11-17)14-18(24-15-21)12-19(22)23-4/h7-12H,13-16H2,1-6H3/b18-12+. The van der Waals surface area contributed by atoms with Crippen molar-refractivity contribution in [3.8, 4) is 0 Å². The van der Waals surface area contributed by atoms with Gasteiger partial charge in [0.25, 0.3) is 0 Å². The Kier molecular flexibility index (Phi) is 6.35. The number of hydrogen-bond donors (Lipinski definition) is 0. The van der Waals surface area contributed by atoms with E-state index in [1.807, 2.05) is 6.07 Å². The zero-order valence-electron chi connectivity index (χ0n) is 16.9. The number of rotatable bonds is 6. The third-order valence-corrected chi connectivity index (χ3v) is 10.0. The Morgan fingerprint density at radius 1 is 1.27 bits per heavy atom. The van der Waals surface area contributed by atoms with Crippen LogP contribution in [0.3, 0.4) is 0 Å². The molecule has 1 heterocycles. The van der Waals surface area contributed by atoms with Gasteiger partial charge >= 0.3 is 5.97 Å². The molecule has 0 spiro atoms. The lowest BCUT2D eigenvalue weighted by Gasteiger charge is -2.39. The minimum Gasteiger partial charge on any atom is -0.497 e. The Hall–Kier alpha value is -1.59. The van der Waals surface area contributed by atoms with Gasteiger partial charge in [-0.25, -0.2) is 4.79 Å². The summed E-state index contributed by atoms with van der Waals surface area (Å²) < 4.78 is 17.1. The second-order valence-corrected chi connectivity index (χ2v) is 13.6. The summed E-state index contributed by atoms with van der Waals surface area (Å²) >= 11 is 0. The van der Waals surface area contributed by atoms with Gasteiger partial charge in [-0.05, 0) is 30.1 Å². The van der Waals surface area contributed by atoms with Crippen molar-refractivity contribution >= 4 is 14.3 Å². The van der Waals surface area contributed by atoms with E-state index >= 15 is 0 Å². The second-order valence-electron chi connectivity index (χ2n) is 8.81. The van der Waals surface area contributed by atoms with E-state index in [2.05, 4.69) is 58.1 Å². The van der Waals surface area contributed by atoms with Gasteiger partial charge in [0.05, 0.1) is 19.8 Å². The van der Waals surface area contributed by atoms with E-state index in [1.54, 1.807) is 0 Å². The number of hydrogen-bond acceptors (Lipinski definition) is 4. The number of methoxy groups -OCH3 is 1. The SMILES string of the molecule is COC(=O)/C=C1\CC(CO[Si](C)(C)C(C)(C)C)(Cc2ccccc2)CO1. The van der Waals surface area contributed by atoms with Crippen molar-refractivity contribution in [3.63, 3.8) is 0 Å². The van der Waals surface area contributed by atoms with Crippen LogP contribution in [0.15, 0.2) is 42.2 Å². The fourth-order valence-corrected chi connectivity index (χ4v) is 3.94. The van der Waals surface area contributed by atoms with Gasteiger partial charge < -0.3 is 13.9 Å². The highest BCUT2D eigenvalue weighted by atomic mass is 28.4. The Balaban J connectivity index is 2.20. The first-order chi connectivity index (χ1) is 12.1. The van der Waals surface area contributed by atoms with Crippen molar-refractivity contribution in [3.05, 3.63) is 47.7 Å². The van der Waals surface area contributed by atoms with E-state index in [9.17, 15) is 4.79 Å². The maximum absolute atomic E-state index is 11.6. The van der Waals surface area contributed by atoms with Crippen molar-refractivity contribution in [2.24, 2.45) is 5.41 Å². The molecule has 26 heavy (non-hydrogen) atoms. The first-order valence-electron chi connectivity index (χ1n) is 9.16. The van der Waals surface area contributed by atoms with Crippen LogP contribution >= 0.6 is 0 Å². The predicted octanol–water partition coefficient (Wildman–Crippen LogP) is 4.71. The lowest BCUT2D eigenvalue weighted by Crippen LogP contribution is -2.44. The van der Waals surface area contributed by atoms with E-state index in [-0.39, 0.29) is 16.4 Å². The van der Waals surface area contributed by atoms with Gasteiger partial charge in [-0.15, -0.1) is 0 Å². The molecule has 1 aromatic rings. The smallest absolute Gasteiger partial charge is 0.333 e. The van der Waals surface area contributed by atoms with Crippen molar-refractivity contribution in [2.75, 3.05) is 20.3 Å². The number of benzene rings is 1.